The molecule has 0 aliphatic rings. The Kier molecular flexibility index (Phi) is 7.59. The minimum Gasteiger partial charge on any atom is -0.508 e. The molecule has 0 aromatic heterocycles. The molecule has 3 heteroatoms. The van der Waals surface area contributed by atoms with Gasteiger partial charge in [-0.3, -0.25) is 4.79 Å². The molecule has 0 aliphatic carbocycles. The summed E-state index contributed by atoms with van der Waals surface area (Å²) in [5.74, 6) is -0.00860. The second-order valence-electron chi connectivity index (χ2n) is 3.15. The van der Waals surface area contributed by atoms with E-state index in [1.807, 2.05) is 13.0 Å². The van der Waals surface area contributed by atoms with E-state index in [2.05, 4.69) is 11.3 Å². The number of phenols is 1. The van der Waals surface area contributed by atoms with Crippen LogP contribution in [0.3, 0.4) is 0 Å². The molecule has 0 saturated heterocycles. The van der Waals surface area contributed by atoms with Crippen LogP contribution in [0, 0.1) is 0 Å². The molecule has 0 spiro atoms. The van der Waals surface area contributed by atoms with Gasteiger partial charge < -0.3 is 9.84 Å². The van der Waals surface area contributed by atoms with Crippen LogP contribution >= 0.6 is 0 Å². The van der Waals surface area contributed by atoms with E-state index in [9.17, 15) is 4.79 Å². The van der Waals surface area contributed by atoms with Crippen molar-refractivity contribution in [3.8, 4) is 5.75 Å². The van der Waals surface area contributed by atoms with Gasteiger partial charge in [-0.1, -0.05) is 18.2 Å². The predicted octanol–water partition coefficient (Wildman–Crippen LogP) is 2.69. The van der Waals surface area contributed by atoms with Crippen LogP contribution in [0.4, 0.5) is 0 Å². The van der Waals surface area contributed by atoms with Crippen molar-refractivity contribution in [3.05, 3.63) is 42.5 Å². The van der Waals surface area contributed by atoms with Crippen molar-refractivity contribution in [2.24, 2.45) is 0 Å². The number of hydrogen-bond donors (Lipinski definition) is 1. The Hall–Kier alpha value is -1.77. The summed E-state index contributed by atoms with van der Waals surface area (Å²) in [6.07, 6.45) is 2.70. The zero-order valence-electron chi connectivity index (χ0n) is 9.77. The number of ether oxygens (including phenoxy) is 1. The zero-order valence-corrected chi connectivity index (χ0v) is 9.77. The summed E-state index contributed by atoms with van der Waals surface area (Å²) in [5, 5.41) is 9.12. The largest absolute Gasteiger partial charge is 0.508 e. The molecule has 0 saturated carbocycles. The van der Waals surface area contributed by atoms with Crippen LogP contribution in [0.5, 0.6) is 5.75 Å². The third-order valence-electron chi connectivity index (χ3n) is 1.76. The number of aromatic hydroxyl groups is 1. The first-order valence-corrected chi connectivity index (χ1v) is 5.05. The molecule has 0 unspecified atom stereocenters. The Morgan fingerprint density at radius 1 is 1.56 bits per heavy atom. The number of allylic oxidation sites excluding steroid dienone is 1. The topological polar surface area (TPSA) is 46.5 Å². The first-order valence-electron chi connectivity index (χ1n) is 5.05. The van der Waals surface area contributed by atoms with Crippen molar-refractivity contribution in [1.82, 2.24) is 0 Å². The molecule has 16 heavy (non-hydrogen) atoms. The fourth-order valence-corrected chi connectivity index (χ4v) is 1.06. The molecule has 0 bridgehead atoms. The smallest absolute Gasteiger partial charge is 0.305 e. The maximum atomic E-state index is 10.8. The Bertz CT molecular complexity index is 332. The number of methoxy groups -OCH3 is 1. The van der Waals surface area contributed by atoms with Gasteiger partial charge in [0.25, 0.3) is 0 Å². The summed E-state index contributed by atoms with van der Waals surface area (Å²) >= 11 is 0. The normalized spacial score (nSPS) is 8.62. The number of carbonyl (C=O) groups excluding carboxylic acids is 1. The molecule has 1 rings (SSSR count). The number of carbonyl (C=O) groups is 1. The molecular formula is C13H18O3. The lowest BCUT2D eigenvalue weighted by Crippen LogP contribution is -2.01. The van der Waals surface area contributed by atoms with E-state index in [4.69, 9.17) is 5.11 Å². The molecule has 3 nitrogen and oxygen atoms in total. The van der Waals surface area contributed by atoms with Gasteiger partial charge in [-0.2, -0.15) is 0 Å². The molecule has 0 radical (unpaired) electrons. The third kappa shape index (κ3) is 6.65. The highest BCUT2D eigenvalue weighted by molar-refractivity contribution is 5.69. The van der Waals surface area contributed by atoms with E-state index in [0.29, 0.717) is 12.8 Å². The zero-order chi connectivity index (χ0) is 12.4. The SMILES string of the molecule is C=CC.COC(=O)CCc1cccc(O)c1. The monoisotopic (exact) mass is 222 g/mol. The van der Waals surface area contributed by atoms with Crippen molar-refractivity contribution in [1.29, 1.82) is 0 Å². The lowest BCUT2D eigenvalue weighted by Gasteiger charge is -2.00. The van der Waals surface area contributed by atoms with Crippen LogP contribution in [-0.2, 0) is 16.0 Å². The van der Waals surface area contributed by atoms with Crippen LogP contribution in [0.25, 0.3) is 0 Å². The Morgan fingerprint density at radius 2 is 2.19 bits per heavy atom. The van der Waals surface area contributed by atoms with Crippen molar-refractivity contribution in [2.75, 3.05) is 7.11 Å². The highest BCUT2D eigenvalue weighted by Gasteiger charge is 2.01. The summed E-state index contributed by atoms with van der Waals surface area (Å²) in [5.41, 5.74) is 0.936. The second kappa shape index (κ2) is 8.53. The summed E-state index contributed by atoms with van der Waals surface area (Å²) in [7, 11) is 1.37. The molecule has 0 fully saturated rings. The van der Waals surface area contributed by atoms with Gasteiger partial charge in [0.05, 0.1) is 7.11 Å². The molecule has 1 aromatic carbocycles. The van der Waals surface area contributed by atoms with Crippen LogP contribution in [0.1, 0.15) is 18.9 Å². The predicted molar refractivity (Wildman–Crippen MR) is 64.3 cm³/mol. The van der Waals surface area contributed by atoms with Crippen molar-refractivity contribution < 1.29 is 14.6 Å². The Labute approximate surface area is 96.4 Å². The van der Waals surface area contributed by atoms with Crippen molar-refractivity contribution in [2.45, 2.75) is 19.8 Å². The van der Waals surface area contributed by atoms with E-state index in [-0.39, 0.29) is 11.7 Å². The van der Waals surface area contributed by atoms with Crippen LogP contribution in [-0.4, -0.2) is 18.2 Å². The summed E-state index contributed by atoms with van der Waals surface area (Å²) in [4.78, 5) is 10.8. The van der Waals surface area contributed by atoms with Crippen LogP contribution in [0.2, 0.25) is 0 Å². The average Bonchev–Trinajstić information content (AvgIpc) is 2.27. The number of aryl methyl sites for hydroxylation is 1. The minimum atomic E-state index is -0.233. The number of hydrogen-bond acceptors (Lipinski definition) is 3. The lowest BCUT2D eigenvalue weighted by molar-refractivity contribution is -0.140. The van der Waals surface area contributed by atoms with Gasteiger partial charge in [-0.05, 0) is 31.0 Å². The van der Waals surface area contributed by atoms with Gasteiger partial charge >= 0.3 is 5.97 Å². The van der Waals surface area contributed by atoms with Crippen LogP contribution in [0.15, 0.2) is 36.9 Å². The summed E-state index contributed by atoms with van der Waals surface area (Å²) in [6.45, 7) is 5.25. The maximum Gasteiger partial charge on any atom is 0.305 e. The standard InChI is InChI=1S/C10H12O3.C3H6/c1-13-10(12)6-5-8-3-2-4-9(11)7-8;1-3-2/h2-4,7,11H,5-6H2,1H3;3H,1H2,2H3. The Balaban J connectivity index is 0.000000673. The first-order chi connectivity index (χ1) is 7.63. The quantitative estimate of drug-likeness (QED) is 0.631. The Morgan fingerprint density at radius 3 is 2.69 bits per heavy atom. The highest BCUT2D eigenvalue weighted by Crippen LogP contribution is 2.12. The van der Waals surface area contributed by atoms with Gasteiger partial charge in [-0.25, -0.2) is 0 Å². The number of phenolic OH excluding ortho intramolecular Hbond substituents is 1. The van der Waals surface area contributed by atoms with E-state index >= 15 is 0 Å². The second-order valence-corrected chi connectivity index (χ2v) is 3.15. The number of rotatable bonds is 3. The molecule has 0 atom stereocenters. The molecular weight excluding hydrogens is 204 g/mol. The van der Waals surface area contributed by atoms with E-state index < -0.39 is 0 Å². The van der Waals surface area contributed by atoms with Crippen LogP contribution < -0.4 is 0 Å². The van der Waals surface area contributed by atoms with Gasteiger partial charge in [-0.15, -0.1) is 6.58 Å². The molecule has 88 valence electrons. The van der Waals surface area contributed by atoms with Gasteiger partial charge in [0, 0.05) is 6.42 Å². The fraction of sp³-hybridized carbons (Fsp3) is 0.308. The van der Waals surface area contributed by atoms with E-state index in [1.165, 1.54) is 7.11 Å². The highest BCUT2D eigenvalue weighted by atomic mass is 16.5. The molecule has 0 amide bonds. The molecule has 1 N–H and O–H groups in total. The minimum absolute atomic E-state index is 0.224. The maximum absolute atomic E-state index is 10.8. The third-order valence-corrected chi connectivity index (χ3v) is 1.76. The van der Waals surface area contributed by atoms with Crippen molar-refractivity contribution in [3.63, 3.8) is 0 Å². The van der Waals surface area contributed by atoms with E-state index in [0.717, 1.165) is 5.56 Å². The average molecular weight is 222 g/mol. The molecule has 0 heterocycles. The summed E-state index contributed by atoms with van der Waals surface area (Å²) in [6, 6.07) is 6.86. The van der Waals surface area contributed by atoms with Gasteiger partial charge in [0.1, 0.15) is 5.75 Å². The number of benzene rings is 1. The van der Waals surface area contributed by atoms with Gasteiger partial charge in [0.2, 0.25) is 0 Å². The van der Waals surface area contributed by atoms with Gasteiger partial charge in [0.15, 0.2) is 0 Å². The molecule has 1 aromatic rings. The lowest BCUT2D eigenvalue weighted by atomic mass is 10.1. The summed E-state index contributed by atoms with van der Waals surface area (Å²) < 4.78 is 4.50. The fourth-order valence-electron chi connectivity index (χ4n) is 1.06. The first kappa shape index (κ1) is 14.2. The molecule has 0 aliphatic heterocycles. The van der Waals surface area contributed by atoms with E-state index in [1.54, 1.807) is 24.3 Å². The number of esters is 1. The van der Waals surface area contributed by atoms with Crippen molar-refractivity contribution >= 4 is 5.97 Å².